The van der Waals surface area contributed by atoms with E-state index in [0.29, 0.717) is 26.4 Å². The van der Waals surface area contributed by atoms with Gasteiger partial charge in [0, 0.05) is 15.2 Å². The van der Waals surface area contributed by atoms with Crippen LogP contribution in [0.25, 0.3) is 17.4 Å². The number of ether oxygens (including phenoxy) is 1. The maximum Gasteiger partial charge on any atom is 0.338 e. The third kappa shape index (κ3) is 4.55. The van der Waals surface area contributed by atoms with Crippen LogP contribution in [0.3, 0.4) is 0 Å². The Kier molecular flexibility index (Phi) is 6.57. The summed E-state index contributed by atoms with van der Waals surface area (Å²) in [7, 11) is 0. The molecule has 1 atom stereocenters. The summed E-state index contributed by atoms with van der Waals surface area (Å²) in [6.07, 6.45) is 1.73. The van der Waals surface area contributed by atoms with Crippen molar-refractivity contribution in [3.63, 3.8) is 0 Å². The van der Waals surface area contributed by atoms with Gasteiger partial charge in [0.05, 0.1) is 28.5 Å². The Morgan fingerprint density at radius 1 is 1.14 bits per heavy atom. The zero-order valence-corrected chi connectivity index (χ0v) is 22.0. The predicted molar refractivity (Wildman–Crippen MR) is 144 cm³/mol. The van der Waals surface area contributed by atoms with Crippen LogP contribution in [0.1, 0.15) is 31.2 Å². The molecule has 3 heterocycles. The molecule has 5 rings (SSSR count). The van der Waals surface area contributed by atoms with E-state index in [9.17, 15) is 9.59 Å². The van der Waals surface area contributed by atoms with E-state index in [2.05, 4.69) is 27.6 Å². The van der Waals surface area contributed by atoms with Crippen molar-refractivity contribution < 1.29 is 13.9 Å². The third-order valence-electron chi connectivity index (χ3n) is 5.66. The van der Waals surface area contributed by atoms with Crippen LogP contribution >= 0.6 is 33.9 Å². The number of hydrogen-bond donors (Lipinski definition) is 0. The third-order valence-corrected chi connectivity index (χ3v) is 7.36. The lowest BCUT2D eigenvalue weighted by Gasteiger charge is -2.24. The average Bonchev–Trinajstić information content (AvgIpc) is 3.44. The molecule has 0 saturated carbocycles. The summed E-state index contributed by atoms with van der Waals surface area (Å²) < 4.78 is 14.5. The van der Waals surface area contributed by atoms with E-state index < -0.39 is 12.0 Å². The van der Waals surface area contributed by atoms with Gasteiger partial charge in [-0.3, -0.25) is 9.36 Å². The van der Waals surface area contributed by atoms with Crippen LogP contribution in [-0.4, -0.2) is 17.1 Å². The van der Waals surface area contributed by atoms with Crippen LogP contribution in [0.2, 0.25) is 0 Å². The number of nitrogens with zero attached hydrogens (tertiary/aromatic N) is 2. The van der Waals surface area contributed by atoms with Crippen molar-refractivity contribution in [3.8, 4) is 11.3 Å². The number of halogens is 1. The number of fused-ring (bicyclic) bond motifs is 1. The molecule has 1 aliphatic heterocycles. The molecule has 0 fully saturated rings. The molecule has 0 N–H and O–H groups in total. The Morgan fingerprint density at radius 3 is 2.60 bits per heavy atom. The van der Waals surface area contributed by atoms with Crippen molar-refractivity contribution in [2.75, 3.05) is 6.61 Å². The van der Waals surface area contributed by atoms with Crippen molar-refractivity contribution in [1.29, 1.82) is 0 Å². The topological polar surface area (TPSA) is 73.8 Å². The summed E-state index contributed by atoms with van der Waals surface area (Å²) in [6, 6.07) is 20.6. The summed E-state index contributed by atoms with van der Waals surface area (Å²) in [5, 5.41) is 0. The summed E-state index contributed by atoms with van der Waals surface area (Å²) in [5.41, 5.74) is 2.46. The van der Waals surface area contributed by atoms with Gasteiger partial charge in [-0.05, 0) is 66.3 Å². The van der Waals surface area contributed by atoms with Crippen molar-refractivity contribution in [1.82, 2.24) is 4.57 Å². The van der Waals surface area contributed by atoms with E-state index in [1.807, 2.05) is 66.7 Å². The first kappa shape index (κ1) is 23.5. The lowest BCUT2D eigenvalue weighted by atomic mass is 9.96. The second-order valence-electron chi connectivity index (χ2n) is 7.92. The number of rotatable bonds is 5. The van der Waals surface area contributed by atoms with E-state index in [0.717, 1.165) is 20.5 Å². The van der Waals surface area contributed by atoms with E-state index in [1.165, 1.54) is 11.3 Å². The number of benzene rings is 2. The molecule has 0 aliphatic carbocycles. The van der Waals surface area contributed by atoms with E-state index >= 15 is 0 Å². The maximum absolute atomic E-state index is 13.6. The molecule has 0 radical (unpaired) electrons. The second-order valence-corrected chi connectivity index (χ2v) is 10.2. The highest BCUT2D eigenvalue weighted by Gasteiger charge is 2.33. The largest absolute Gasteiger partial charge is 0.463 e. The summed E-state index contributed by atoms with van der Waals surface area (Å²) >= 11 is 3.53. The van der Waals surface area contributed by atoms with Crippen molar-refractivity contribution in [3.05, 3.63) is 113 Å². The van der Waals surface area contributed by atoms with Gasteiger partial charge >= 0.3 is 5.97 Å². The quantitative estimate of drug-likeness (QED) is 0.248. The van der Waals surface area contributed by atoms with E-state index in [1.54, 1.807) is 24.5 Å². The molecule has 1 aliphatic rings. The lowest BCUT2D eigenvalue weighted by Crippen LogP contribution is -2.39. The van der Waals surface area contributed by atoms with Crippen LogP contribution in [0, 0.1) is 3.57 Å². The second kappa shape index (κ2) is 9.79. The van der Waals surface area contributed by atoms with Gasteiger partial charge in [0.1, 0.15) is 11.5 Å². The fourth-order valence-electron chi connectivity index (χ4n) is 4.07. The molecule has 35 heavy (non-hydrogen) atoms. The minimum atomic E-state index is -0.618. The van der Waals surface area contributed by atoms with Gasteiger partial charge in [-0.2, -0.15) is 0 Å². The SMILES string of the molecule is CCOC(=O)C1=C(C)N=c2s/c(=C\c3ccc(-c4ccc(I)cc4)o3)c(=O)n2C1c1ccccc1. The number of carbonyl (C=O) groups is 1. The molecule has 0 amide bonds. The summed E-state index contributed by atoms with van der Waals surface area (Å²) in [4.78, 5) is 31.6. The Morgan fingerprint density at radius 2 is 1.89 bits per heavy atom. The van der Waals surface area contributed by atoms with Gasteiger partial charge in [0.25, 0.3) is 5.56 Å². The lowest BCUT2D eigenvalue weighted by molar-refractivity contribution is -0.139. The molecule has 2 aromatic carbocycles. The summed E-state index contributed by atoms with van der Waals surface area (Å²) in [6.45, 7) is 3.77. The summed E-state index contributed by atoms with van der Waals surface area (Å²) in [5.74, 6) is 0.828. The molecule has 1 unspecified atom stereocenters. The fraction of sp³-hybridized carbons (Fsp3) is 0.148. The Labute approximate surface area is 219 Å². The van der Waals surface area contributed by atoms with Gasteiger partial charge in [-0.25, -0.2) is 9.79 Å². The van der Waals surface area contributed by atoms with Crippen molar-refractivity contribution >= 4 is 46.0 Å². The molecule has 0 saturated heterocycles. The van der Waals surface area contributed by atoms with E-state index in [-0.39, 0.29) is 12.2 Å². The Bertz CT molecular complexity index is 1610. The van der Waals surface area contributed by atoms with Gasteiger partial charge in [0.2, 0.25) is 0 Å². The Balaban J connectivity index is 1.62. The highest BCUT2D eigenvalue weighted by atomic mass is 127. The van der Waals surface area contributed by atoms with Crippen LogP contribution in [0.15, 0.2) is 92.2 Å². The first-order valence-corrected chi connectivity index (χ1v) is 13.0. The standard InChI is InChI=1S/C27H21IN2O4S/c1-3-33-26(32)23-16(2)29-27-30(24(23)18-7-5-4-6-8-18)25(31)22(35-27)15-20-13-14-21(34-20)17-9-11-19(28)12-10-17/h4-15,24H,3H2,1-2H3/b22-15-. The molecular weight excluding hydrogens is 575 g/mol. The minimum absolute atomic E-state index is 0.232. The number of esters is 1. The number of aromatic nitrogens is 1. The number of allylic oxidation sites excluding steroid dienone is 1. The van der Waals surface area contributed by atoms with Crippen molar-refractivity contribution in [2.45, 2.75) is 19.9 Å². The van der Waals surface area contributed by atoms with Gasteiger partial charge < -0.3 is 9.15 Å². The molecule has 0 spiro atoms. The number of furan rings is 1. The molecule has 0 bridgehead atoms. The minimum Gasteiger partial charge on any atom is -0.463 e. The predicted octanol–water partition coefficient (Wildman–Crippen LogP) is 4.66. The normalized spacial score (nSPS) is 15.6. The first-order valence-electron chi connectivity index (χ1n) is 11.1. The average molecular weight is 596 g/mol. The van der Waals surface area contributed by atoms with Gasteiger partial charge in [-0.15, -0.1) is 0 Å². The zero-order chi connectivity index (χ0) is 24.5. The van der Waals surface area contributed by atoms with E-state index in [4.69, 9.17) is 9.15 Å². The molecule has 8 heteroatoms. The van der Waals surface area contributed by atoms with Gasteiger partial charge in [-0.1, -0.05) is 53.8 Å². The first-order chi connectivity index (χ1) is 17.0. The van der Waals surface area contributed by atoms with Crippen LogP contribution in [0.4, 0.5) is 0 Å². The monoisotopic (exact) mass is 596 g/mol. The Hall–Kier alpha value is -3.24. The van der Waals surface area contributed by atoms with Crippen LogP contribution < -0.4 is 14.9 Å². The molecule has 176 valence electrons. The fourth-order valence-corrected chi connectivity index (χ4v) is 5.46. The maximum atomic E-state index is 13.6. The molecular formula is C27H21IN2O4S. The van der Waals surface area contributed by atoms with Crippen molar-refractivity contribution in [2.24, 2.45) is 4.99 Å². The number of hydrogen-bond acceptors (Lipinski definition) is 6. The molecule has 2 aromatic heterocycles. The number of carbonyl (C=O) groups excluding carboxylic acids is 1. The molecule has 6 nitrogen and oxygen atoms in total. The zero-order valence-electron chi connectivity index (χ0n) is 19.0. The molecule has 4 aromatic rings. The van der Waals surface area contributed by atoms with Crippen LogP contribution in [0.5, 0.6) is 0 Å². The smallest absolute Gasteiger partial charge is 0.338 e. The highest BCUT2D eigenvalue weighted by molar-refractivity contribution is 14.1. The van der Waals surface area contributed by atoms with Gasteiger partial charge in [0.15, 0.2) is 4.80 Å². The number of thiazole rings is 1. The highest BCUT2D eigenvalue weighted by Crippen LogP contribution is 2.30. The van der Waals surface area contributed by atoms with Crippen LogP contribution in [-0.2, 0) is 9.53 Å².